The van der Waals surface area contributed by atoms with Gasteiger partial charge in [0.1, 0.15) is 0 Å². The van der Waals surface area contributed by atoms with Crippen molar-refractivity contribution in [3.05, 3.63) is 53.5 Å². The lowest BCUT2D eigenvalue weighted by molar-refractivity contribution is 0.0589. The van der Waals surface area contributed by atoms with Crippen LogP contribution in [-0.4, -0.2) is 33.9 Å². The van der Waals surface area contributed by atoms with Gasteiger partial charge in [-0.2, -0.15) is 5.10 Å². The molecule has 0 bridgehead atoms. The van der Waals surface area contributed by atoms with E-state index in [0.717, 1.165) is 5.56 Å². The first-order chi connectivity index (χ1) is 12.0. The number of anilines is 1. The lowest BCUT2D eigenvalue weighted by Gasteiger charge is -2.05. The summed E-state index contributed by atoms with van der Waals surface area (Å²) in [6.07, 6.45) is 0. The van der Waals surface area contributed by atoms with Crippen molar-refractivity contribution in [2.24, 2.45) is 7.05 Å². The summed E-state index contributed by atoms with van der Waals surface area (Å²) in [6.45, 7) is 1.68. The fourth-order valence-electron chi connectivity index (χ4n) is 2.44. The summed E-state index contributed by atoms with van der Waals surface area (Å²) in [7, 11) is 2.86. The van der Waals surface area contributed by atoms with Crippen molar-refractivity contribution in [1.82, 2.24) is 14.9 Å². The van der Waals surface area contributed by atoms with Crippen LogP contribution in [0.5, 0.6) is 0 Å². The number of esters is 1. The molecule has 128 valence electrons. The van der Waals surface area contributed by atoms with Gasteiger partial charge in [0.15, 0.2) is 17.1 Å². The molecule has 1 aromatic carbocycles. The Morgan fingerprint density at radius 3 is 2.64 bits per heavy atom. The molecule has 25 heavy (non-hydrogen) atoms. The highest BCUT2D eigenvalue weighted by Crippen LogP contribution is 2.23. The molecule has 0 unspecified atom stereocenters. The second kappa shape index (κ2) is 6.60. The van der Waals surface area contributed by atoms with E-state index in [9.17, 15) is 9.59 Å². The summed E-state index contributed by atoms with van der Waals surface area (Å²) in [5, 5.41) is 10.6. The van der Waals surface area contributed by atoms with Gasteiger partial charge in [-0.15, -0.1) is 0 Å². The van der Waals surface area contributed by atoms with E-state index < -0.39 is 11.9 Å². The van der Waals surface area contributed by atoms with Crippen molar-refractivity contribution in [2.45, 2.75) is 6.92 Å². The van der Waals surface area contributed by atoms with E-state index in [2.05, 4.69) is 15.6 Å². The minimum atomic E-state index is -0.594. The Balaban J connectivity index is 1.87. The van der Waals surface area contributed by atoms with Gasteiger partial charge in [0.25, 0.3) is 5.91 Å². The number of hydrogen-bond acceptors (Lipinski definition) is 6. The van der Waals surface area contributed by atoms with Gasteiger partial charge in [-0.1, -0.05) is 35.5 Å². The van der Waals surface area contributed by atoms with E-state index in [4.69, 9.17) is 9.26 Å². The van der Waals surface area contributed by atoms with Gasteiger partial charge >= 0.3 is 5.97 Å². The first-order valence-corrected chi connectivity index (χ1v) is 7.46. The summed E-state index contributed by atoms with van der Waals surface area (Å²) in [5.41, 5.74) is 1.83. The maximum absolute atomic E-state index is 12.5. The Kier molecular flexibility index (Phi) is 4.34. The van der Waals surface area contributed by atoms with Gasteiger partial charge in [0.2, 0.25) is 0 Å². The van der Waals surface area contributed by atoms with Crippen LogP contribution >= 0.6 is 0 Å². The van der Waals surface area contributed by atoms with Crippen LogP contribution in [0.15, 0.2) is 40.9 Å². The van der Waals surface area contributed by atoms with E-state index in [0.29, 0.717) is 11.5 Å². The average Bonchev–Trinajstić information content (AvgIpc) is 3.21. The number of rotatable bonds is 4. The first kappa shape index (κ1) is 16.4. The Bertz CT molecular complexity index is 928. The van der Waals surface area contributed by atoms with Crippen LogP contribution in [0.25, 0.3) is 11.3 Å². The minimum Gasteiger partial charge on any atom is -0.464 e. The molecule has 3 rings (SSSR count). The maximum Gasteiger partial charge on any atom is 0.358 e. The zero-order valence-corrected chi connectivity index (χ0v) is 13.9. The number of carbonyl (C=O) groups excluding carboxylic acids is 2. The molecular weight excluding hydrogens is 324 g/mol. The fourth-order valence-corrected chi connectivity index (χ4v) is 2.44. The van der Waals surface area contributed by atoms with Crippen LogP contribution in [0.1, 0.15) is 26.7 Å². The Labute approximate surface area is 143 Å². The summed E-state index contributed by atoms with van der Waals surface area (Å²) >= 11 is 0. The van der Waals surface area contributed by atoms with Crippen molar-refractivity contribution >= 4 is 17.6 Å². The largest absolute Gasteiger partial charge is 0.464 e. The second-order valence-corrected chi connectivity index (χ2v) is 5.32. The van der Waals surface area contributed by atoms with Crippen LogP contribution in [0.2, 0.25) is 0 Å². The van der Waals surface area contributed by atoms with Crippen LogP contribution in [-0.2, 0) is 11.8 Å². The van der Waals surface area contributed by atoms with E-state index in [1.807, 2.05) is 30.3 Å². The molecule has 8 nitrogen and oxygen atoms in total. The number of benzene rings is 1. The molecule has 1 amide bonds. The topological polar surface area (TPSA) is 99.2 Å². The lowest BCUT2D eigenvalue weighted by Crippen LogP contribution is -2.17. The van der Waals surface area contributed by atoms with Crippen molar-refractivity contribution < 1.29 is 18.8 Å². The minimum absolute atomic E-state index is 0.0953. The van der Waals surface area contributed by atoms with Crippen molar-refractivity contribution in [3.8, 4) is 11.3 Å². The Morgan fingerprint density at radius 1 is 1.24 bits per heavy atom. The van der Waals surface area contributed by atoms with Gasteiger partial charge < -0.3 is 14.6 Å². The lowest BCUT2D eigenvalue weighted by atomic mass is 10.1. The highest BCUT2D eigenvalue weighted by molar-refractivity contribution is 6.07. The van der Waals surface area contributed by atoms with E-state index in [-0.39, 0.29) is 17.1 Å². The van der Waals surface area contributed by atoms with E-state index in [1.54, 1.807) is 14.0 Å². The average molecular weight is 340 g/mol. The summed E-state index contributed by atoms with van der Waals surface area (Å²) in [5.74, 6) is -0.627. The smallest absolute Gasteiger partial charge is 0.358 e. The number of hydrogen-bond donors (Lipinski definition) is 1. The molecule has 0 aliphatic carbocycles. The number of nitrogens with one attached hydrogen (secondary N) is 1. The van der Waals surface area contributed by atoms with E-state index in [1.165, 1.54) is 17.9 Å². The van der Waals surface area contributed by atoms with E-state index >= 15 is 0 Å². The molecule has 2 heterocycles. The van der Waals surface area contributed by atoms with Gasteiger partial charge in [0, 0.05) is 18.7 Å². The number of ether oxygens (including phenoxy) is 1. The zero-order chi connectivity index (χ0) is 18.0. The van der Waals surface area contributed by atoms with Crippen LogP contribution in [0, 0.1) is 6.92 Å². The third kappa shape index (κ3) is 3.14. The van der Waals surface area contributed by atoms with Crippen molar-refractivity contribution in [1.29, 1.82) is 0 Å². The standard InChI is InChI=1S/C17H16N4O4/c1-10-14(15(17(23)24-3)21(2)19-10)18-16(22)12-9-13(25-20-12)11-7-5-4-6-8-11/h4-9H,1-3H3,(H,18,22). The molecule has 0 spiro atoms. The second-order valence-electron chi connectivity index (χ2n) is 5.32. The number of amides is 1. The maximum atomic E-state index is 12.5. The summed E-state index contributed by atoms with van der Waals surface area (Å²) in [6, 6.07) is 10.8. The van der Waals surface area contributed by atoms with Crippen LogP contribution in [0.4, 0.5) is 5.69 Å². The van der Waals surface area contributed by atoms with Crippen LogP contribution < -0.4 is 5.32 Å². The molecule has 0 fully saturated rings. The van der Waals surface area contributed by atoms with Gasteiger partial charge in [-0.3, -0.25) is 9.48 Å². The fraction of sp³-hybridized carbons (Fsp3) is 0.176. The number of carbonyl (C=O) groups is 2. The quantitative estimate of drug-likeness (QED) is 0.732. The third-order valence-electron chi connectivity index (χ3n) is 3.64. The predicted octanol–water partition coefficient (Wildman–Crippen LogP) is 2.42. The van der Waals surface area contributed by atoms with Crippen molar-refractivity contribution in [3.63, 3.8) is 0 Å². The SMILES string of the molecule is COC(=O)c1c(NC(=O)c2cc(-c3ccccc3)on2)c(C)nn1C. The number of aromatic nitrogens is 3. The van der Waals surface area contributed by atoms with Gasteiger partial charge in [0.05, 0.1) is 18.5 Å². The first-order valence-electron chi connectivity index (χ1n) is 7.46. The molecule has 1 N–H and O–H groups in total. The zero-order valence-electron chi connectivity index (χ0n) is 13.9. The Hall–Kier alpha value is -3.42. The molecule has 0 atom stereocenters. The van der Waals surface area contributed by atoms with Gasteiger partial charge in [-0.05, 0) is 6.92 Å². The summed E-state index contributed by atoms with van der Waals surface area (Å²) < 4.78 is 11.3. The van der Waals surface area contributed by atoms with Crippen molar-refractivity contribution in [2.75, 3.05) is 12.4 Å². The highest BCUT2D eigenvalue weighted by atomic mass is 16.5. The third-order valence-corrected chi connectivity index (χ3v) is 3.64. The molecule has 8 heteroatoms. The molecule has 0 aliphatic heterocycles. The molecule has 0 saturated carbocycles. The Morgan fingerprint density at radius 2 is 1.96 bits per heavy atom. The molecular formula is C17H16N4O4. The van der Waals surface area contributed by atoms with Gasteiger partial charge in [-0.25, -0.2) is 4.79 Å². The number of aryl methyl sites for hydroxylation is 2. The highest BCUT2D eigenvalue weighted by Gasteiger charge is 2.24. The number of methoxy groups -OCH3 is 1. The monoisotopic (exact) mass is 340 g/mol. The molecule has 0 saturated heterocycles. The molecule has 3 aromatic rings. The number of nitrogens with zero attached hydrogens (tertiary/aromatic N) is 3. The predicted molar refractivity (Wildman–Crippen MR) is 89.2 cm³/mol. The normalized spacial score (nSPS) is 10.5. The van der Waals surface area contributed by atoms with Crippen LogP contribution in [0.3, 0.4) is 0 Å². The molecule has 0 radical (unpaired) electrons. The molecule has 2 aromatic heterocycles. The molecule has 0 aliphatic rings. The summed E-state index contributed by atoms with van der Waals surface area (Å²) in [4.78, 5) is 24.4.